The van der Waals surface area contributed by atoms with E-state index in [1.165, 1.54) is 22.4 Å². The number of rotatable bonds is 7. The molecule has 0 amide bonds. The van der Waals surface area contributed by atoms with Gasteiger partial charge in [-0.1, -0.05) is 24.3 Å². The summed E-state index contributed by atoms with van der Waals surface area (Å²) >= 11 is 0. The minimum absolute atomic E-state index is 0. The number of aliphatic imine (C=N–C) groups is 1. The first-order valence-corrected chi connectivity index (χ1v) is 11.7. The van der Waals surface area contributed by atoms with Crippen LogP contribution in [0.5, 0.6) is 0 Å². The molecule has 1 fully saturated rings. The molecule has 0 bridgehead atoms. The summed E-state index contributed by atoms with van der Waals surface area (Å²) in [5.41, 5.74) is 6.28. The summed E-state index contributed by atoms with van der Waals surface area (Å²) in [7, 11) is 3.82. The maximum Gasteiger partial charge on any atom is 0.191 e. The van der Waals surface area contributed by atoms with E-state index < -0.39 is 0 Å². The van der Waals surface area contributed by atoms with Crippen LogP contribution < -0.4 is 10.6 Å². The van der Waals surface area contributed by atoms with Gasteiger partial charge in [-0.05, 0) is 57.7 Å². The molecular formula is C25H41IN6O. The summed E-state index contributed by atoms with van der Waals surface area (Å²) in [5, 5.41) is 11.6. The van der Waals surface area contributed by atoms with E-state index in [9.17, 15) is 0 Å². The first kappa shape index (κ1) is 27.6. The number of hydrogen-bond acceptors (Lipinski definition) is 4. The fourth-order valence-corrected chi connectivity index (χ4v) is 4.62. The highest BCUT2D eigenvalue weighted by molar-refractivity contribution is 14.0. The van der Waals surface area contributed by atoms with Gasteiger partial charge in [0.25, 0.3) is 0 Å². The lowest BCUT2D eigenvalue weighted by molar-refractivity contribution is -0.0705. The summed E-state index contributed by atoms with van der Waals surface area (Å²) in [6, 6.07) is 8.91. The molecule has 8 heteroatoms. The second-order valence-corrected chi connectivity index (χ2v) is 9.17. The molecule has 0 saturated carbocycles. The van der Waals surface area contributed by atoms with Gasteiger partial charge in [0.15, 0.2) is 5.96 Å². The molecule has 1 aliphatic rings. The molecule has 2 aromatic rings. The standard InChI is InChI=1S/C25H40N6O.HI/c1-17(12-24-20(4)29-30(7)21(24)5)28-25(26-6)27-13-22-10-8-9-11-23(22)16-31-14-18(2)32-19(3)15-31;/h8-11,17-19H,12-16H2,1-7H3,(H2,26,27,28);1H. The lowest BCUT2D eigenvalue weighted by atomic mass is 10.1. The Morgan fingerprint density at radius 3 is 2.39 bits per heavy atom. The summed E-state index contributed by atoms with van der Waals surface area (Å²) < 4.78 is 7.85. The number of nitrogens with zero attached hydrogens (tertiary/aromatic N) is 4. The zero-order chi connectivity index (χ0) is 23.3. The van der Waals surface area contributed by atoms with Crippen molar-refractivity contribution in [2.75, 3.05) is 20.1 Å². The third-order valence-electron chi connectivity index (χ3n) is 6.23. The first-order valence-electron chi connectivity index (χ1n) is 11.7. The average molecular weight is 569 g/mol. The Morgan fingerprint density at radius 1 is 1.18 bits per heavy atom. The van der Waals surface area contributed by atoms with Gasteiger partial charge in [-0.3, -0.25) is 14.6 Å². The SMILES string of the molecule is CN=C(NCc1ccccc1CN1CC(C)OC(C)C1)NC(C)Cc1c(C)nn(C)c1C.I. The van der Waals surface area contributed by atoms with Crippen molar-refractivity contribution in [2.45, 2.75) is 72.4 Å². The normalized spacial score (nSPS) is 20.3. The van der Waals surface area contributed by atoms with Crippen LogP contribution >= 0.6 is 24.0 Å². The lowest BCUT2D eigenvalue weighted by Gasteiger charge is -2.35. The van der Waals surface area contributed by atoms with Gasteiger partial charge >= 0.3 is 0 Å². The van der Waals surface area contributed by atoms with E-state index in [2.05, 4.69) is 84.5 Å². The molecule has 7 nitrogen and oxygen atoms in total. The first-order chi connectivity index (χ1) is 15.3. The molecule has 2 N–H and O–H groups in total. The number of ether oxygens (including phenoxy) is 1. The fraction of sp³-hybridized carbons (Fsp3) is 0.600. The third-order valence-corrected chi connectivity index (χ3v) is 6.23. The van der Waals surface area contributed by atoms with Crippen LogP contribution in [0.2, 0.25) is 0 Å². The molecule has 1 aromatic carbocycles. The number of halogens is 1. The van der Waals surface area contributed by atoms with Crippen LogP contribution in [0.3, 0.4) is 0 Å². The molecule has 184 valence electrons. The average Bonchev–Trinajstić information content (AvgIpc) is 2.97. The quantitative estimate of drug-likeness (QED) is 0.304. The van der Waals surface area contributed by atoms with Gasteiger partial charge in [-0.25, -0.2) is 0 Å². The molecule has 3 unspecified atom stereocenters. The topological polar surface area (TPSA) is 66.7 Å². The monoisotopic (exact) mass is 568 g/mol. The predicted octanol–water partition coefficient (Wildman–Crippen LogP) is 3.56. The Morgan fingerprint density at radius 2 is 1.82 bits per heavy atom. The Bertz CT molecular complexity index is 918. The Balaban J connectivity index is 0.00000385. The van der Waals surface area contributed by atoms with E-state index in [0.717, 1.165) is 44.3 Å². The van der Waals surface area contributed by atoms with E-state index in [4.69, 9.17) is 4.74 Å². The predicted molar refractivity (Wildman–Crippen MR) is 146 cm³/mol. The zero-order valence-corrected chi connectivity index (χ0v) is 23.5. The molecule has 0 radical (unpaired) electrons. The van der Waals surface area contributed by atoms with Crippen LogP contribution in [0, 0.1) is 13.8 Å². The van der Waals surface area contributed by atoms with Crippen molar-refractivity contribution < 1.29 is 4.74 Å². The third kappa shape index (κ3) is 7.68. The Labute approximate surface area is 216 Å². The summed E-state index contributed by atoms with van der Waals surface area (Å²) in [5.74, 6) is 0.820. The lowest BCUT2D eigenvalue weighted by Crippen LogP contribution is -2.45. The van der Waals surface area contributed by atoms with Gasteiger partial charge in [-0.2, -0.15) is 5.10 Å². The highest BCUT2D eigenvalue weighted by atomic mass is 127. The van der Waals surface area contributed by atoms with Crippen molar-refractivity contribution in [3.8, 4) is 0 Å². The molecule has 0 aliphatic carbocycles. The van der Waals surface area contributed by atoms with E-state index in [-0.39, 0.29) is 42.2 Å². The molecule has 3 rings (SSSR count). The molecule has 0 spiro atoms. The van der Waals surface area contributed by atoms with E-state index >= 15 is 0 Å². The van der Waals surface area contributed by atoms with Crippen molar-refractivity contribution in [2.24, 2.45) is 12.0 Å². The number of guanidine groups is 1. The molecular weight excluding hydrogens is 527 g/mol. The maximum absolute atomic E-state index is 5.89. The molecule has 1 aromatic heterocycles. The second kappa shape index (κ2) is 12.7. The van der Waals surface area contributed by atoms with Gasteiger partial charge in [0.05, 0.1) is 17.9 Å². The van der Waals surface area contributed by atoms with Crippen LogP contribution in [-0.4, -0.2) is 59.0 Å². The van der Waals surface area contributed by atoms with E-state index in [1.54, 1.807) is 0 Å². The smallest absolute Gasteiger partial charge is 0.191 e. The molecule has 3 atom stereocenters. The van der Waals surface area contributed by atoms with Gasteiger partial charge < -0.3 is 15.4 Å². The highest BCUT2D eigenvalue weighted by Gasteiger charge is 2.22. The summed E-state index contributed by atoms with van der Waals surface area (Å²) in [4.78, 5) is 6.94. The van der Waals surface area contributed by atoms with Gasteiger partial charge in [0, 0.05) is 52.0 Å². The van der Waals surface area contributed by atoms with Crippen LogP contribution in [0.25, 0.3) is 0 Å². The molecule has 1 aliphatic heterocycles. The van der Waals surface area contributed by atoms with Crippen LogP contribution in [-0.2, 0) is 31.3 Å². The maximum atomic E-state index is 5.89. The van der Waals surface area contributed by atoms with E-state index in [0.29, 0.717) is 0 Å². The van der Waals surface area contributed by atoms with Gasteiger partial charge in [0.1, 0.15) is 0 Å². The van der Waals surface area contributed by atoms with Crippen molar-refractivity contribution in [3.63, 3.8) is 0 Å². The second-order valence-electron chi connectivity index (χ2n) is 9.17. The van der Waals surface area contributed by atoms with Crippen molar-refractivity contribution in [1.82, 2.24) is 25.3 Å². The van der Waals surface area contributed by atoms with Crippen LogP contribution in [0.1, 0.15) is 48.8 Å². The van der Waals surface area contributed by atoms with Crippen LogP contribution in [0.15, 0.2) is 29.3 Å². The number of benzene rings is 1. The largest absolute Gasteiger partial charge is 0.373 e. The van der Waals surface area contributed by atoms with E-state index in [1.807, 2.05) is 18.8 Å². The number of hydrogen-bond donors (Lipinski definition) is 2. The zero-order valence-electron chi connectivity index (χ0n) is 21.2. The minimum Gasteiger partial charge on any atom is -0.373 e. The van der Waals surface area contributed by atoms with Gasteiger partial charge in [-0.15, -0.1) is 24.0 Å². The van der Waals surface area contributed by atoms with Gasteiger partial charge in [0.2, 0.25) is 0 Å². The number of aromatic nitrogens is 2. The van der Waals surface area contributed by atoms with Crippen molar-refractivity contribution in [3.05, 3.63) is 52.3 Å². The molecule has 1 saturated heterocycles. The minimum atomic E-state index is 0. The van der Waals surface area contributed by atoms with Crippen molar-refractivity contribution >= 4 is 29.9 Å². The molecule has 33 heavy (non-hydrogen) atoms. The molecule has 2 heterocycles. The number of aryl methyl sites for hydroxylation is 2. The fourth-order valence-electron chi connectivity index (χ4n) is 4.62. The van der Waals surface area contributed by atoms with Crippen molar-refractivity contribution in [1.29, 1.82) is 0 Å². The highest BCUT2D eigenvalue weighted by Crippen LogP contribution is 2.17. The number of nitrogens with one attached hydrogen (secondary N) is 2. The van der Waals surface area contributed by atoms with Crippen LogP contribution in [0.4, 0.5) is 0 Å². The Kier molecular flexibility index (Phi) is 10.6. The summed E-state index contributed by atoms with van der Waals surface area (Å²) in [6.07, 6.45) is 1.47. The number of morpholine rings is 1. The summed E-state index contributed by atoms with van der Waals surface area (Å²) in [6.45, 7) is 14.3. The Hall–Kier alpha value is -1.65.